The molecule has 1 aromatic carbocycles. The van der Waals surface area contributed by atoms with E-state index in [1.54, 1.807) is 6.92 Å². The number of carbonyl (C=O) groups is 2. The molecule has 0 saturated heterocycles. The lowest BCUT2D eigenvalue weighted by Crippen LogP contribution is -2.20. The summed E-state index contributed by atoms with van der Waals surface area (Å²) in [7, 11) is 0. The van der Waals surface area contributed by atoms with Crippen LogP contribution in [0.3, 0.4) is 0 Å². The predicted octanol–water partition coefficient (Wildman–Crippen LogP) is 3.39. The number of halogens is 1. The second-order valence-electron chi connectivity index (χ2n) is 4.56. The number of nitrogens with one attached hydrogen (secondary N) is 1. The number of nitrogens with zero attached hydrogens (tertiary/aromatic N) is 2. The molecule has 2 aromatic rings. The van der Waals surface area contributed by atoms with E-state index in [-0.39, 0.29) is 17.4 Å². The Balaban J connectivity index is 1.89. The SMILES string of the molecule is Cc1ccc(C(=O)CSc2nnc(NC(=O)C(C)Cl)s2)cc1. The first-order valence-electron chi connectivity index (χ1n) is 6.47. The monoisotopic (exact) mass is 355 g/mol. The van der Waals surface area contributed by atoms with E-state index < -0.39 is 5.38 Å². The number of ketones is 1. The molecule has 0 bridgehead atoms. The van der Waals surface area contributed by atoms with Crippen molar-refractivity contribution in [2.24, 2.45) is 0 Å². The van der Waals surface area contributed by atoms with E-state index in [9.17, 15) is 9.59 Å². The first-order valence-corrected chi connectivity index (χ1v) is 8.70. The van der Waals surface area contributed by atoms with Crippen molar-refractivity contribution >= 4 is 51.5 Å². The Morgan fingerprint density at radius 1 is 1.32 bits per heavy atom. The van der Waals surface area contributed by atoms with Gasteiger partial charge in [0.1, 0.15) is 5.38 Å². The van der Waals surface area contributed by atoms with E-state index in [1.165, 1.54) is 23.1 Å². The Kier molecular flexibility index (Phi) is 5.93. The molecular formula is C14H14ClN3O2S2. The molecule has 0 aliphatic carbocycles. The van der Waals surface area contributed by atoms with Crippen LogP contribution in [0.2, 0.25) is 0 Å². The van der Waals surface area contributed by atoms with Gasteiger partial charge in [-0.15, -0.1) is 21.8 Å². The number of aryl methyl sites for hydroxylation is 1. The molecule has 0 aliphatic heterocycles. The predicted molar refractivity (Wildman–Crippen MR) is 90.1 cm³/mol. The Hall–Kier alpha value is -1.44. The van der Waals surface area contributed by atoms with E-state index in [2.05, 4.69) is 15.5 Å². The summed E-state index contributed by atoms with van der Waals surface area (Å²) in [6, 6.07) is 7.44. The minimum Gasteiger partial charge on any atom is -0.299 e. The summed E-state index contributed by atoms with van der Waals surface area (Å²) in [5, 5.41) is 10.1. The van der Waals surface area contributed by atoms with Gasteiger partial charge in [0.15, 0.2) is 10.1 Å². The maximum absolute atomic E-state index is 12.1. The van der Waals surface area contributed by atoms with Crippen LogP contribution in [0.4, 0.5) is 5.13 Å². The van der Waals surface area contributed by atoms with Crippen LogP contribution in [0.15, 0.2) is 28.6 Å². The number of amides is 1. The van der Waals surface area contributed by atoms with Crippen LogP contribution in [0.1, 0.15) is 22.8 Å². The van der Waals surface area contributed by atoms with Gasteiger partial charge in [0.2, 0.25) is 11.0 Å². The first-order chi connectivity index (χ1) is 10.5. The minimum absolute atomic E-state index is 0.0279. The number of alkyl halides is 1. The third kappa shape index (κ3) is 4.79. The third-order valence-electron chi connectivity index (χ3n) is 2.70. The molecule has 5 nitrogen and oxygen atoms in total. The van der Waals surface area contributed by atoms with Gasteiger partial charge in [-0.2, -0.15) is 0 Å². The maximum Gasteiger partial charge on any atom is 0.243 e. The van der Waals surface area contributed by atoms with Gasteiger partial charge in [-0.3, -0.25) is 14.9 Å². The van der Waals surface area contributed by atoms with Gasteiger partial charge < -0.3 is 0 Å². The zero-order valence-electron chi connectivity index (χ0n) is 12.0. The van der Waals surface area contributed by atoms with Crippen molar-refractivity contribution in [3.8, 4) is 0 Å². The fraction of sp³-hybridized carbons (Fsp3) is 0.286. The van der Waals surface area contributed by atoms with Gasteiger partial charge in [-0.1, -0.05) is 52.9 Å². The topological polar surface area (TPSA) is 72.0 Å². The van der Waals surface area contributed by atoms with Crippen LogP contribution in [-0.4, -0.2) is 33.0 Å². The average molecular weight is 356 g/mol. The largest absolute Gasteiger partial charge is 0.299 e. The molecule has 0 radical (unpaired) electrons. The van der Waals surface area contributed by atoms with E-state index in [0.717, 1.165) is 5.56 Å². The van der Waals surface area contributed by atoms with Gasteiger partial charge in [-0.05, 0) is 13.8 Å². The van der Waals surface area contributed by atoms with Crippen molar-refractivity contribution < 1.29 is 9.59 Å². The zero-order valence-corrected chi connectivity index (χ0v) is 14.4. The molecule has 8 heteroatoms. The van der Waals surface area contributed by atoms with E-state index in [4.69, 9.17) is 11.6 Å². The number of Topliss-reactive ketones (excluding diaryl/α,β-unsaturated/α-hetero) is 1. The normalized spacial score (nSPS) is 12.0. The number of rotatable bonds is 6. The molecule has 1 amide bonds. The Labute approximate surface area is 141 Å². The van der Waals surface area contributed by atoms with Crippen LogP contribution < -0.4 is 5.32 Å². The molecule has 0 fully saturated rings. The van der Waals surface area contributed by atoms with E-state index in [1.807, 2.05) is 31.2 Å². The smallest absolute Gasteiger partial charge is 0.243 e. The van der Waals surface area contributed by atoms with Crippen molar-refractivity contribution in [2.75, 3.05) is 11.1 Å². The summed E-state index contributed by atoms with van der Waals surface area (Å²) in [6.45, 7) is 3.55. The Morgan fingerprint density at radius 2 is 2.00 bits per heavy atom. The summed E-state index contributed by atoms with van der Waals surface area (Å²) in [4.78, 5) is 23.5. The van der Waals surface area contributed by atoms with Crippen LogP contribution in [0.5, 0.6) is 0 Å². The standard InChI is InChI=1S/C14H14ClN3O2S2/c1-8-3-5-10(6-4-8)11(19)7-21-14-18-17-13(22-14)16-12(20)9(2)15/h3-6,9H,7H2,1-2H3,(H,16,17,20). The van der Waals surface area contributed by atoms with Gasteiger partial charge in [0.25, 0.3) is 0 Å². The quantitative estimate of drug-likeness (QED) is 0.372. The number of hydrogen-bond acceptors (Lipinski definition) is 6. The van der Waals surface area contributed by atoms with Crippen molar-refractivity contribution in [3.05, 3.63) is 35.4 Å². The van der Waals surface area contributed by atoms with E-state index >= 15 is 0 Å². The molecule has 116 valence electrons. The number of hydrogen-bond donors (Lipinski definition) is 1. The van der Waals surface area contributed by atoms with Gasteiger partial charge in [-0.25, -0.2) is 0 Å². The first kappa shape index (κ1) is 16.9. The number of thioether (sulfide) groups is 1. The van der Waals surface area contributed by atoms with Crippen molar-refractivity contribution in [3.63, 3.8) is 0 Å². The maximum atomic E-state index is 12.1. The van der Waals surface area contributed by atoms with Gasteiger partial charge in [0, 0.05) is 5.56 Å². The highest BCUT2D eigenvalue weighted by Crippen LogP contribution is 2.26. The summed E-state index contributed by atoms with van der Waals surface area (Å²) in [6.07, 6.45) is 0. The molecule has 1 atom stereocenters. The van der Waals surface area contributed by atoms with Crippen LogP contribution >= 0.6 is 34.7 Å². The lowest BCUT2D eigenvalue weighted by molar-refractivity contribution is -0.115. The minimum atomic E-state index is -0.636. The fourth-order valence-corrected chi connectivity index (χ4v) is 3.18. The zero-order chi connectivity index (χ0) is 16.1. The third-order valence-corrected chi connectivity index (χ3v) is 4.87. The molecule has 1 aromatic heterocycles. The molecule has 22 heavy (non-hydrogen) atoms. The summed E-state index contributed by atoms with van der Waals surface area (Å²) in [5.74, 6) is -0.0253. The number of aromatic nitrogens is 2. The van der Waals surface area contributed by atoms with Crippen molar-refractivity contribution in [1.29, 1.82) is 0 Å². The highest BCUT2D eigenvalue weighted by atomic mass is 35.5. The number of carbonyl (C=O) groups excluding carboxylic acids is 2. The molecular weight excluding hydrogens is 342 g/mol. The fourth-order valence-electron chi connectivity index (χ4n) is 1.47. The Morgan fingerprint density at radius 3 is 2.64 bits per heavy atom. The average Bonchev–Trinajstić information content (AvgIpc) is 2.93. The van der Waals surface area contributed by atoms with Crippen LogP contribution in [-0.2, 0) is 4.79 Å². The highest BCUT2D eigenvalue weighted by molar-refractivity contribution is 8.01. The Bertz CT molecular complexity index is 671. The van der Waals surface area contributed by atoms with Crippen molar-refractivity contribution in [1.82, 2.24) is 10.2 Å². The van der Waals surface area contributed by atoms with Gasteiger partial charge in [0.05, 0.1) is 5.75 Å². The lowest BCUT2D eigenvalue weighted by atomic mass is 10.1. The molecule has 2 rings (SSSR count). The van der Waals surface area contributed by atoms with Crippen LogP contribution in [0.25, 0.3) is 0 Å². The lowest BCUT2D eigenvalue weighted by Gasteiger charge is -2.01. The highest BCUT2D eigenvalue weighted by Gasteiger charge is 2.14. The van der Waals surface area contributed by atoms with Crippen molar-refractivity contribution in [2.45, 2.75) is 23.6 Å². The summed E-state index contributed by atoms with van der Waals surface area (Å²) in [5.41, 5.74) is 1.79. The molecule has 0 saturated carbocycles. The number of anilines is 1. The van der Waals surface area contributed by atoms with E-state index in [0.29, 0.717) is 15.0 Å². The molecule has 1 heterocycles. The summed E-state index contributed by atoms with van der Waals surface area (Å²) >= 11 is 8.17. The summed E-state index contributed by atoms with van der Waals surface area (Å²) < 4.78 is 0.623. The molecule has 0 aliphatic rings. The van der Waals surface area contributed by atoms with Gasteiger partial charge >= 0.3 is 0 Å². The molecule has 1 N–H and O–H groups in total. The number of benzene rings is 1. The second kappa shape index (κ2) is 7.71. The molecule has 1 unspecified atom stereocenters. The second-order valence-corrected chi connectivity index (χ2v) is 7.41. The molecule has 0 spiro atoms. The van der Waals surface area contributed by atoms with Crippen LogP contribution in [0, 0.1) is 6.92 Å².